The normalized spacial score (nSPS) is 27.1. The lowest BCUT2D eigenvalue weighted by Gasteiger charge is -2.26. The second kappa shape index (κ2) is 4.55. The Morgan fingerprint density at radius 3 is 2.57 bits per heavy atom. The molecular weight excluding hydrogens is 272 g/mol. The van der Waals surface area contributed by atoms with Crippen molar-refractivity contribution in [2.45, 2.75) is 31.7 Å². The highest BCUT2D eigenvalue weighted by atomic mass is 19.1. The van der Waals surface area contributed by atoms with E-state index >= 15 is 0 Å². The van der Waals surface area contributed by atoms with E-state index in [4.69, 9.17) is 0 Å². The molecule has 2 aromatic rings. The van der Waals surface area contributed by atoms with E-state index in [-0.39, 0.29) is 6.04 Å². The maximum Gasteiger partial charge on any atom is 0.126 e. The molecule has 21 heavy (non-hydrogen) atoms. The maximum absolute atomic E-state index is 13.5. The van der Waals surface area contributed by atoms with Crippen LogP contribution in [0.3, 0.4) is 0 Å². The zero-order chi connectivity index (χ0) is 14.6. The maximum atomic E-state index is 13.5. The number of nitrogens with zero attached hydrogens (tertiary/aromatic N) is 2. The average molecular weight is 289 g/mol. The van der Waals surface area contributed by atoms with Crippen molar-refractivity contribution in [3.8, 4) is 0 Å². The third-order valence-corrected chi connectivity index (χ3v) is 4.53. The van der Waals surface area contributed by atoms with Crippen molar-refractivity contribution in [1.82, 2.24) is 9.78 Å². The van der Waals surface area contributed by atoms with Gasteiger partial charge >= 0.3 is 0 Å². The Bertz CT molecular complexity index is 675. The Morgan fingerprint density at radius 1 is 1.19 bits per heavy atom. The topological polar surface area (TPSA) is 29.9 Å². The van der Waals surface area contributed by atoms with Gasteiger partial charge in [0.05, 0.1) is 11.7 Å². The van der Waals surface area contributed by atoms with E-state index in [1.807, 2.05) is 4.68 Å². The largest absolute Gasteiger partial charge is 0.370 e. The highest BCUT2D eigenvalue weighted by Gasteiger charge is 2.37. The van der Waals surface area contributed by atoms with Crippen LogP contribution in [-0.2, 0) is 0 Å². The Labute approximate surface area is 122 Å². The molecular formula is C16H17F2N3. The molecule has 4 rings (SSSR count). The summed E-state index contributed by atoms with van der Waals surface area (Å²) in [6, 6.07) is 5.70. The average Bonchev–Trinajstić information content (AvgIpc) is 3.00. The van der Waals surface area contributed by atoms with Crippen molar-refractivity contribution in [2.24, 2.45) is 5.92 Å². The van der Waals surface area contributed by atoms with Crippen LogP contribution in [0, 0.1) is 17.6 Å². The van der Waals surface area contributed by atoms with Crippen LogP contribution in [0.5, 0.6) is 0 Å². The van der Waals surface area contributed by atoms with Crippen molar-refractivity contribution in [2.75, 3.05) is 11.9 Å². The third-order valence-electron chi connectivity index (χ3n) is 4.53. The van der Waals surface area contributed by atoms with Gasteiger partial charge in [0.25, 0.3) is 0 Å². The van der Waals surface area contributed by atoms with Crippen LogP contribution in [0.15, 0.2) is 24.3 Å². The molecule has 2 heterocycles. The van der Waals surface area contributed by atoms with Gasteiger partial charge in [-0.05, 0) is 36.5 Å². The number of halogens is 2. The first-order chi connectivity index (χ1) is 10.1. The molecule has 1 saturated carbocycles. The zero-order valence-corrected chi connectivity index (χ0v) is 11.8. The van der Waals surface area contributed by atoms with Gasteiger partial charge in [-0.1, -0.05) is 6.92 Å². The van der Waals surface area contributed by atoms with Gasteiger partial charge in [0.1, 0.15) is 17.5 Å². The van der Waals surface area contributed by atoms with Crippen LogP contribution in [0.25, 0.3) is 0 Å². The minimum absolute atomic E-state index is 0.103. The van der Waals surface area contributed by atoms with Gasteiger partial charge in [-0.2, -0.15) is 5.10 Å². The fraction of sp³-hybridized carbons (Fsp3) is 0.438. The number of hydrogen-bond acceptors (Lipinski definition) is 2. The Balaban J connectivity index is 1.74. The molecule has 0 spiro atoms. The second-order valence-electron chi connectivity index (χ2n) is 6.15. The summed E-state index contributed by atoms with van der Waals surface area (Å²) in [5, 5.41) is 8.01. The lowest BCUT2D eigenvalue weighted by Crippen LogP contribution is -2.24. The summed E-state index contributed by atoms with van der Waals surface area (Å²) in [7, 11) is 0. The number of fused-ring (bicyclic) bond motifs is 1. The number of nitrogens with one attached hydrogen (secondary N) is 1. The highest BCUT2D eigenvalue weighted by molar-refractivity contribution is 5.43. The monoisotopic (exact) mass is 289 g/mol. The molecule has 0 saturated heterocycles. The fourth-order valence-electron chi connectivity index (χ4n) is 3.23. The first kappa shape index (κ1) is 12.8. The number of aromatic nitrogens is 2. The molecule has 0 amide bonds. The first-order valence-corrected chi connectivity index (χ1v) is 7.41. The molecule has 5 heteroatoms. The van der Waals surface area contributed by atoms with E-state index in [2.05, 4.69) is 23.4 Å². The second-order valence-corrected chi connectivity index (χ2v) is 6.15. The summed E-state index contributed by atoms with van der Waals surface area (Å²) in [5.41, 5.74) is 1.74. The minimum atomic E-state index is -0.534. The summed E-state index contributed by atoms with van der Waals surface area (Å²) in [4.78, 5) is 0. The van der Waals surface area contributed by atoms with Crippen LogP contribution in [-0.4, -0.2) is 16.3 Å². The lowest BCUT2D eigenvalue weighted by molar-refractivity contribution is 0.470. The van der Waals surface area contributed by atoms with Crippen molar-refractivity contribution in [3.63, 3.8) is 0 Å². The van der Waals surface area contributed by atoms with Crippen molar-refractivity contribution in [3.05, 3.63) is 47.2 Å². The van der Waals surface area contributed by atoms with Gasteiger partial charge in [-0.3, -0.25) is 0 Å². The molecule has 1 aliphatic carbocycles. The van der Waals surface area contributed by atoms with Crippen LogP contribution in [0.2, 0.25) is 0 Å². The van der Waals surface area contributed by atoms with Gasteiger partial charge < -0.3 is 5.32 Å². The molecule has 0 bridgehead atoms. The lowest BCUT2D eigenvalue weighted by atomic mass is 10.0. The molecule has 0 radical (unpaired) electrons. The van der Waals surface area contributed by atoms with E-state index in [0.29, 0.717) is 17.4 Å². The molecule has 1 aromatic carbocycles. The van der Waals surface area contributed by atoms with E-state index in [0.717, 1.165) is 30.5 Å². The Morgan fingerprint density at radius 2 is 1.90 bits per heavy atom. The van der Waals surface area contributed by atoms with Gasteiger partial charge in [0, 0.05) is 24.6 Å². The van der Waals surface area contributed by atoms with Crippen LogP contribution >= 0.6 is 0 Å². The van der Waals surface area contributed by atoms with Crippen LogP contribution in [0.1, 0.15) is 43.0 Å². The van der Waals surface area contributed by atoms with E-state index in [1.165, 1.54) is 18.6 Å². The highest BCUT2D eigenvalue weighted by Crippen LogP contribution is 2.47. The zero-order valence-electron chi connectivity index (χ0n) is 11.8. The quantitative estimate of drug-likeness (QED) is 0.913. The van der Waals surface area contributed by atoms with Gasteiger partial charge in [0.2, 0.25) is 0 Å². The predicted octanol–water partition coefficient (Wildman–Crippen LogP) is 3.69. The fourth-order valence-corrected chi connectivity index (χ4v) is 3.23. The molecule has 3 unspecified atom stereocenters. The van der Waals surface area contributed by atoms with Crippen molar-refractivity contribution < 1.29 is 8.78 Å². The number of benzene rings is 1. The molecule has 110 valence electrons. The SMILES string of the molecule is CC1CC1c1cc2n(n1)C(c1cc(F)cc(F)c1)CCN2. The summed E-state index contributed by atoms with van der Waals surface area (Å²) in [6.45, 7) is 3.00. The number of hydrogen-bond donors (Lipinski definition) is 1. The number of rotatable bonds is 2. The summed E-state index contributed by atoms with van der Waals surface area (Å²) < 4.78 is 28.8. The van der Waals surface area contributed by atoms with Crippen molar-refractivity contribution in [1.29, 1.82) is 0 Å². The van der Waals surface area contributed by atoms with Crippen molar-refractivity contribution >= 4 is 5.82 Å². The Hall–Kier alpha value is -1.91. The molecule has 1 fully saturated rings. The molecule has 1 aromatic heterocycles. The predicted molar refractivity (Wildman–Crippen MR) is 76.4 cm³/mol. The molecule has 2 aliphatic rings. The van der Waals surface area contributed by atoms with Gasteiger partial charge in [-0.15, -0.1) is 0 Å². The minimum Gasteiger partial charge on any atom is -0.370 e. The van der Waals surface area contributed by atoms with E-state index in [1.54, 1.807) is 0 Å². The molecule has 3 nitrogen and oxygen atoms in total. The van der Waals surface area contributed by atoms with Gasteiger partial charge in [-0.25, -0.2) is 13.5 Å². The Kier molecular flexibility index (Phi) is 2.77. The molecule has 1 N–H and O–H groups in total. The van der Waals surface area contributed by atoms with Crippen LogP contribution in [0.4, 0.5) is 14.6 Å². The van der Waals surface area contributed by atoms with E-state index in [9.17, 15) is 8.78 Å². The standard InChI is InChI=1S/C16H17F2N3/c1-9-4-13(9)14-8-16-19-3-2-15(21(16)20-14)10-5-11(17)7-12(18)6-10/h5-9,13,15,19H,2-4H2,1H3. The number of anilines is 1. The third kappa shape index (κ3) is 2.20. The summed E-state index contributed by atoms with van der Waals surface area (Å²) in [6.07, 6.45) is 1.95. The summed E-state index contributed by atoms with van der Waals surface area (Å²) >= 11 is 0. The molecule has 1 aliphatic heterocycles. The van der Waals surface area contributed by atoms with E-state index < -0.39 is 11.6 Å². The van der Waals surface area contributed by atoms with Crippen LogP contribution < -0.4 is 5.32 Å². The van der Waals surface area contributed by atoms with Gasteiger partial charge in [0.15, 0.2) is 0 Å². The first-order valence-electron chi connectivity index (χ1n) is 7.41. The molecule has 3 atom stereocenters. The smallest absolute Gasteiger partial charge is 0.126 e. The summed E-state index contributed by atoms with van der Waals surface area (Å²) in [5.74, 6) is 1.10.